The lowest BCUT2D eigenvalue weighted by Gasteiger charge is -2.34. The quantitative estimate of drug-likeness (QED) is 0.309. The predicted octanol–water partition coefficient (Wildman–Crippen LogP) is 4.04. The van der Waals surface area contributed by atoms with Crippen LogP contribution in [0, 0.1) is 5.92 Å². The molecule has 2 aromatic carbocycles. The second kappa shape index (κ2) is 13.4. The Balaban J connectivity index is 1.37. The molecular weight excluding hydrogens is 542 g/mol. The van der Waals surface area contributed by atoms with E-state index in [4.69, 9.17) is 4.74 Å². The molecule has 0 unspecified atom stereocenters. The zero-order valence-electron chi connectivity index (χ0n) is 25.4. The lowest BCUT2D eigenvalue weighted by atomic mass is 10.0. The van der Waals surface area contributed by atoms with E-state index >= 15 is 0 Å². The number of nitrogens with zero attached hydrogens (tertiary/aromatic N) is 4. The maximum atomic E-state index is 13.6. The summed E-state index contributed by atoms with van der Waals surface area (Å²) >= 11 is 0. The zero-order chi connectivity index (χ0) is 30.5. The highest BCUT2D eigenvalue weighted by Crippen LogP contribution is 2.30. The Morgan fingerprint density at radius 2 is 1.95 bits per heavy atom. The van der Waals surface area contributed by atoms with E-state index in [0.717, 1.165) is 28.6 Å². The van der Waals surface area contributed by atoms with E-state index in [1.54, 1.807) is 17.3 Å². The molecule has 2 aromatic heterocycles. The lowest BCUT2D eigenvalue weighted by molar-refractivity contribution is -0.134. The molecule has 2 amide bonds. The fourth-order valence-corrected chi connectivity index (χ4v) is 5.84. The van der Waals surface area contributed by atoms with E-state index in [1.165, 1.54) is 0 Å². The van der Waals surface area contributed by atoms with E-state index in [0.29, 0.717) is 30.1 Å². The molecule has 1 aliphatic heterocycles. The van der Waals surface area contributed by atoms with Crippen molar-refractivity contribution in [1.82, 2.24) is 19.4 Å². The molecule has 1 aliphatic rings. The van der Waals surface area contributed by atoms with Crippen LogP contribution in [0.15, 0.2) is 73.2 Å². The molecule has 2 N–H and O–H groups in total. The van der Waals surface area contributed by atoms with Gasteiger partial charge < -0.3 is 24.6 Å². The normalized spacial score (nSPS) is 18.0. The largest absolute Gasteiger partial charge is 0.488 e. The number of carbonyl (C=O) groups is 2. The first-order valence-corrected chi connectivity index (χ1v) is 14.8. The molecule has 5 rings (SSSR count). The summed E-state index contributed by atoms with van der Waals surface area (Å²) in [6.45, 7) is 5.67. The van der Waals surface area contributed by atoms with Crippen molar-refractivity contribution >= 4 is 28.4 Å². The summed E-state index contributed by atoms with van der Waals surface area (Å²) in [7, 11) is 4.03. The number of aryl methyl sites for hydroxylation is 1. The summed E-state index contributed by atoms with van der Waals surface area (Å²) in [6.07, 6.45) is 5.70. The zero-order valence-corrected chi connectivity index (χ0v) is 25.4. The van der Waals surface area contributed by atoms with Crippen LogP contribution in [0.2, 0.25) is 0 Å². The topological polar surface area (TPSA) is 99.9 Å². The van der Waals surface area contributed by atoms with Crippen molar-refractivity contribution in [3.05, 3.63) is 89.9 Å². The van der Waals surface area contributed by atoms with Crippen molar-refractivity contribution in [3.63, 3.8) is 0 Å². The number of aliphatic hydroxyl groups is 1. The molecule has 0 spiro atoms. The third kappa shape index (κ3) is 7.24. The fourth-order valence-electron chi connectivity index (χ4n) is 5.84. The van der Waals surface area contributed by atoms with Crippen molar-refractivity contribution < 1.29 is 19.4 Å². The van der Waals surface area contributed by atoms with E-state index in [2.05, 4.69) is 29.2 Å². The third-order valence-electron chi connectivity index (χ3n) is 8.22. The molecule has 0 fully saturated rings. The van der Waals surface area contributed by atoms with Crippen molar-refractivity contribution in [2.75, 3.05) is 32.1 Å². The predicted molar refractivity (Wildman–Crippen MR) is 168 cm³/mol. The molecule has 43 heavy (non-hydrogen) atoms. The number of aliphatic hydroxyl groups excluding tert-OH is 1. The number of fused-ring (bicyclic) bond motifs is 2. The summed E-state index contributed by atoms with van der Waals surface area (Å²) in [5.74, 6) is 0.423. The van der Waals surface area contributed by atoms with Gasteiger partial charge in [-0.2, -0.15) is 0 Å². The molecule has 9 heteroatoms. The number of benzene rings is 2. The number of hydrogen-bond donors (Lipinski definition) is 2. The standard InChI is InChI=1S/C34H41N5O4/c1-23-18-39(24(2)22-40)34(42)17-26-15-28(36-33(41)16-27-20-38(4)30-8-6-5-7-29(27)30)9-10-31(26)43-32(23)21-37(3)19-25-11-13-35-14-12-25/h5-15,20,23-24,32,40H,16-19,21-22H2,1-4H3,(H,36,41)/t23-,24+,32+/m0/s1. The van der Waals surface area contributed by atoms with Gasteiger partial charge >= 0.3 is 0 Å². The van der Waals surface area contributed by atoms with Gasteiger partial charge in [0.2, 0.25) is 11.8 Å². The Kier molecular flexibility index (Phi) is 9.43. The van der Waals surface area contributed by atoms with Gasteiger partial charge in [-0.05, 0) is 61.5 Å². The molecule has 4 aromatic rings. The van der Waals surface area contributed by atoms with Gasteiger partial charge in [-0.25, -0.2) is 0 Å². The van der Waals surface area contributed by atoms with Gasteiger partial charge in [0.1, 0.15) is 11.9 Å². The number of aromatic nitrogens is 2. The number of ether oxygens (including phenoxy) is 1. The van der Waals surface area contributed by atoms with Crippen LogP contribution in [0.1, 0.15) is 30.5 Å². The van der Waals surface area contributed by atoms with Crippen LogP contribution in [-0.4, -0.2) is 75.2 Å². The number of para-hydroxylation sites is 1. The van der Waals surface area contributed by atoms with Gasteiger partial charge in [0.15, 0.2) is 0 Å². The Hall–Kier alpha value is -4.21. The maximum absolute atomic E-state index is 13.6. The number of carbonyl (C=O) groups excluding carboxylic acids is 2. The van der Waals surface area contributed by atoms with Crippen LogP contribution in [0.4, 0.5) is 5.69 Å². The average Bonchev–Trinajstić information content (AvgIpc) is 3.32. The molecule has 3 atom stereocenters. The number of amides is 2. The number of nitrogens with one attached hydrogen (secondary N) is 1. The van der Waals surface area contributed by atoms with Gasteiger partial charge in [-0.1, -0.05) is 25.1 Å². The molecule has 0 aliphatic carbocycles. The lowest BCUT2D eigenvalue weighted by Crippen LogP contribution is -2.47. The van der Waals surface area contributed by atoms with Gasteiger partial charge in [0.05, 0.1) is 25.5 Å². The molecule has 0 saturated heterocycles. The molecule has 9 nitrogen and oxygen atoms in total. The number of hydrogen-bond acceptors (Lipinski definition) is 6. The van der Waals surface area contributed by atoms with Crippen LogP contribution in [0.5, 0.6) is 5.75 Å². The van der Waals surface area contributed by atoms with Gasteiger partial charge in [-0.15, -0.1) is 0 Å². The highest BCUT2D eigenvalue weighted by atomic mass is 16.5. The molecular formula is C34H41N5O4. The highest BCUT2D eigenvalue weighted by molar-refractivity contribution is 5.96. The summed E-state index contributed by atoms with van der Waals surface area (Å²) < 4.78 is 8.67. The van der Waals surface area contributed by atoms with Crippen LogP contribution in [0.25, 0.3) is 10.9 Å². The van der Waals surface area contributed by atoms with E-state index in [1.807, 2.05) is 79.3 Å². The van der Waals surface area contributed by atoms with Gasteiger partial charge in [0.25, 0.3) is 0 Å². The van der Waals surface area contributed by atoms with E-state index in [9.17, 15) is 14.7 Å². The number of likely N-dealkylation sites (N-methyl/N-ethyl adjacent to an activating group) is 1. The highest BCUT2D eigenvalue weighted by Gasteiger charge is 2.31. The first kappa shape index (κ1) is 30.3. The van der Waals surface area contributed by atoms with Crippen molar-refractivity contribution in [2.24, 2.45) is 13.0 Å². The second-order valence-electron chi connectivity index (χ2n) is 11.8. The van der Waals surface area contributed by atoms with Crippen molar-refractivity contribution in [2.45, 2.75) is 45.4 Å². The molecule has 0 bridgehead atoms. The number of rotatable bonds is 9. The Morgan fingerprint density at radius 3 is 2.72 bits per heavy atom. The third-order valence-corrected chi connectivity index (χ3v) is 8.22. The summed E-state index contributed by atoms with van der Waals surface area (Å²) in [4.78, 5) is 34.8. The SMILES string of the molecule is C[C@H](CO)N1C[C@H](C)[C@@H](CN(C)Cc2ccncc2)Oc2ccc(NC(=O)Cc3cn(C)c4ccccc34)cc2CC1=O. The molecule has 0 radical (unpaired) electrons. The second-order valence-corrected chi connectivity index (χ2v) is 11.8. The Labute approximate surface area is 253 Å². The smallest absolute Gasteiger partial charge is 0.228 e. The van der Waals surface area contributed by atoms with Crippen molar-refractivity contribution in [1.29, 1.82) is 0 Å². The number of anilines is 1. The summed E-state index contributed by atoms with van der Waals surface area (Å²) in [5, 5.41) is 14.0. The van der Waals surface area contributed by atoms with Gasteiger partial charge in [-0.3, -0.25) is 19.5 Å². The minimum Gasteiger partial charge on any atom is -0.488 e. The van der Waals surface area contributed by atoms with Crippen molar-refractivity contribution in [3.8, 4) is 5.75 Å². The summed E-state index contributed by atoms with van der Waals surface area (Å²) in [5.41, 5.74) is 4.51. The molecule has 226 valence electrons. The van der Waals surface area contributed by atoms with Crippen LogP contribution in [-0.2, 0) is 36.0 Å². The number of pyridine rings is 1. The minimum atomic E-state index is -0.324. The van der Waals surface area contributed by atoms with Gasteiger partial charge in [0, 0.05) is 73.3 Å². The fraction of sp³-hybridized carbons (Fsp3) is 0.382. The van der Waals surface area contributed by atoms with E-state index < -0.39 is 0 Å². The van der Waals surface area contributed by atoms with Crippen LogP contribution in [0.3, 0.4) is 0 Å². The monoisotopic (exact) mass is 583 g/mol. The minimum absolute atomic E-state index is 0.00358. The summed E-state index contributed by atoms with van der Waals surface area (Å²) in [6, 6.07) is 17.2. The Bertz CT molecular complexity index is 1570. The van der Waals surface area contributed by atoms with Crippen LogP contribution < -0.4 is 10.1 Å². The maximum Gasteiger partial charge on any atom is 0.228 e. The average molecular weight is 584 g/mol. The van der Waals surface area contributed by atoms with Crippen LogP contribution >= 0.6 is 0 Å². The first-order chi connectivity index (χ1) is 20.7. The molecule has 0 saturated carbocycles. The molecule has 3 heterocycles. The Morgan fingerprint density at radius 1 is 1.19 bits per heavy atom. The van der Waals surface area contributed by atoms with E-state index in [-0.39, 0.29) is 49.3 Å². The first-order valence-electron chi connectivity index (χ1n) is 14.8.